The summed E-state index contributed by atoms with van der Waals surface area (Å²) in [5.74, 6) is 0.193. The van der Waals surface area contributed by atoms with Crippen molar-refractivity contribution in [1.82, 2.24) is 4.90 Å². The molecule has 0 bridgehead atoms. The van der Waals surface area contributed by atoms with Crippen LogP contribution in [0.5, 0.6) is 0 Å². The first-order valence-corrected chi connectivity index (χ1v) is 8.44. The highest BCUT2D eigenvalue weighted by Gasteiger charge is 2.49. The van der Waals surface area contributed by atoms with Crippen LogP contribution in [0.2, 0.25) is 0 Å². The molecule has 0 spiro atoms. The smallest absolute Gasteiger partial charge is 0.250 e. The van der Waals surface area contributed by atoms with Crippen molar-refractivity contribution >= 4 is 27.5 Å². The van der Waals surface area contributed by atoms with Crippen molar-refractivity contribution < 1.29 is 4.79 Å². The van der Waals surface area contributed by atoms with Crippen molar-refractivity contribution in [2.45, 2.75) is 25.0 Å². The Bertz CT molecular complexity index is 686. The van der Waals surface area contributed by atoms with E-state index in [0.29, 0.717) is 0 Å². The highest BCUT2D eigenvalue weighted by atomic mass is 79.9. The molecular weight excluding hydrogens is 340 g/mol. The Balaban J connectivity index is 1.74. The Hall–Kier alpha value is -1.65. The Labute approximate surface area is 138 Å². The van der Waals surface area contributed by atoms with E-state index in [1.54, 1.807) is 0 Å². The van der Waals surface area contributed by atoms with E-state index in [1.165, 1.54) is 0 Å². The zero-order valence-electron chi connectivity index (χ0n) is 12.2. The van der Waals surface area contributed by atoms with Crippen molar-refractivity contribution in [1.29, 1.82) is 0 Å². The average molecular weight is 357 g/mol. The summed E-state index contributed by atoms with van der Waals surface area (Å²) in [7, 11) is 0. The first-order valence-electron chi connectivity index (χ1n) is 7.65. The number of benzene rings is 2. The number of carbonyl (C=O) groups is 1. The van der Waals surface area contributed by atoms with Crippen LogP contribution in [0.1, 0.15) is 24.4 Å². The van der Waals surface area contributed by atoms with E-state index in [2.05, 4.69) is 33.0 Å². The maximum absolute atomic E-state index is 13.1. The second kappa shape index (κ2) is 5.52. The number of amides is 1. The topological polar surface area (TPSA) is 23.6 Å². The third kappa shape index (κ3) is 2.18. The van der Waals surface area contributed by atoms with Crippen molar-refractivity contribution in [3.05, 3.63) is 64.6 Å². The van der Waals surface area contributed by atoms with Gasteiger partial charge in [0.05, 0.1) is 6.17 Å². The first-order chi connectivity index (χ1) is 10.8. The minimum Gasteiger partial charge on any atom is -0.294 e. The van der Waals surface area contributed by atoms with Crippen LogP contribution in [0, 0.1) is 0 Å². The molecule has 0 aromatic heterocycles. The van der Waals surface area contributed by atoms with Gasteiger partial charge in [-0.2, -0.15) is 0 Å². The molecule has 2 saturated heterocycles. The van der Waals surface area contributed by atoms with Gasteiger partial charge in [-0.1, -0.05) is 46.3 Å². The summed E-state index contributed by atoms with van der Waals surface area (Å²) in [5.41, 5.74) is 2.09. The molecule has 0 aliphatic carbocycles. The Morgan fingerprint density at radius 3 is 2.45 bits per heavy atom. The minimum atomic E-state index is -0.141. The fourth-order valence-electron chi connectivity index (χ4n) is 3.64. The molecule has 2 aliphatic rings. The van der Waals surface area contributed by atoms with Gasteiger partial charge in [0.2, 0.25) is 5.91 Å². The molecule has 0 unspecified atom stereocenters. The predicted octanol–water partition coefficient (Wildman–Crippen LogP) is 3.96. The van der Waals surface area contributed by atoms with Gasteiger partial charge in [0.25, 0.3) is 0 Å². The van der Waals surface area contributed by atoms with E-state index in [-0.39, 0.29) is 18.1 Å². The van der Waals surface area contributed by atoms with Crippen molar-refractivity contribution in [3.63, 3.8) is 0 Å². The monoisotopic (exact) mass is 356 g/mol. The lowest BCUT2D eigenvalue weighted by Gasteiger charge is -2.24. The molecule has 22 heavy (non-hydrogen) atoms. The van der Waals surface area contributed by atoms with Gasteiger partial charge in [0, 0.05) is 16.7 Å². The largest absolute Gasteiger partial charge is 0.294 e. The van der Waals surface area contributed by atoms with E-state index in [1.807, 2.05) is 47.4 Å². The van der Waals surface area contributed by atoms with Gasteiger partial charge in [0.1, 0.15) is 6.04 Å². The first kappa shape index (κ1) is 14.0. The maximum atomic E-state index is 13.1. The van der Waals surface area contributed by atoms with E-state index >= 15 is 0 Å². The van der Waals surface area contributed by atoms with Gasteiger partial charge >= 0.3 is 0 Å². The van der Waals surface area contributed by atoms with E-state index in [0.717, 1.165) is 35.1 Å². The lowest BCUT2D eigenvalue weighted by molar-refractivity contribution is -0.119. The summed E-state index contributed by atoms with van der Waals surface area (Å²) >= 11 is 3.46. The number of rotatable bonds is 2. The van der Waals surface area contributed by atoms with Crippen LogP contribution in [-0.4, -0.2) is 23.5 Å². The summed E-state index contributed by atoms with van der Waals surface area (Å²) < 4.78 is 1.03. The highest BCUT2D eigenvalue weighted by Crippen LogP contribution is 2.41. The summed E-state index contributed by atoms with van der Waals surface area (Å²) in [6.07, 6.45) is 2.39. The average Bonchev–Trinajstić information content (AvgIpc) is 3.09. The lowest BCUT2D eigenvalue weighted by Crippen LogP contribution is -2.35. The fourth-order valence-corrected chi connectivity index (χ4v) is 3.91. The maximum Gasteiger partial charge on any atom is 0.250 e. The molecule has 2 heterocycles. The predicted molar refractivity (Wildman–Crippen MR) is 90.5 cm³/mol. The second-order valence-corrected chi connectivity index (χ2v) is 6.77. The van der Waals surface area contributed by atoms with E-state index in [9.17, 15) is 4.79 Å². The van der Waals surface area contributed by atoms with Gasteiger partial charge in [0.15, 0.2) is 0 Å². The quantitative estimate of drug-likeness (QED) is 0.812. The van der Waals surface area contributed by atoms with Crippen LogP contribution >= 0.6 is 15.9 Å². The summed E-state index contributed by atoms with van der Waals surface area (Å²) in [6.45, 7) is 0.989. The van der Waals surface area contributed by atoms with Gasteiger partial charge in [-0.15, -0.1) is 0 Å². The van der Waals surface area contributed by atoms with Crippen LogP contribution in [0.25, 0.3) is 0 Å². The van der Waals surface area contributed by atoms with Crippen LogP contribution < -0.4 is 4.90 Å². The molecule has 0 N–H and O–H groups in total. The third-order valence-corrected chi connectivity index (χ3v) is 5.11. The van der Waals surface area contributed by atoms with Crippen molar-refractivity contribution in [2.24, 2.45) is 0 Å². The SMILES string of the molecule is O=C1[C@@H](c2ccccc2)N2CCC[C@@H]2N1c1ccc(Br)cc1. The fraction of sp³-hybridized carbons (Fsp3) is 0.278. The second-order valence-electron chi connectivity index (χ2n) is 5.86. The molecule has 2 fully saturated rings. The number of fused-ring (bicyclic) bond motifs is 1. The molecule has 2 atom stereocenters. The Kier molecular flexibility index (Phi) is 3.51. The number of hydrogen-bond donors (Lipinski definition) is 0. The summed E-state index contributed by atoms with van der Waals surface area (Å²) in [5, 5.41) is 0. The molecular formula is C18H17BrN2O. The number of nitrogens with zero attached hydrogens (tertiary/aromatic N) is 2. The van der Waals surface area contributed by atoms with Crippen LogP contribution in [0.3, 0.4) is 0 Å². The van der Waals surface area contributed by atoms with E-state index in [4.69, 9.17) is 0 Å². The number of hydrogen-bond acceptors (Lipinski definition) is 2. The Morgan fingerprint density at radius 1 is 1.00 bits per heavy atom. The molecule has 0 radical (unpaired) electrons. The number of carbonyl (C=O) groups excluding carboxylic acids is 1. The molecule has 3 nitrogen and oxygen atoms in total. The number of anilines is 1. The van der Waals surface area contributed by atoms with Crippen LogP contribution in [0.15, 0.2) is 59.1 Å². The van der Waals surface area contributed by atoms with Gasteiger partial charge < -0.3 is 0 Å². The summed E-state index contributed by atoms with van der Waals surface area (Å²) in [4.78, 5) is 17.4. The number of halogens is 1. The normalized spacial score (nSPS) is 24.8. The van der Waals surface area contributed by atoms with E-state index < -0.39 is 0 Å². The van der Waals surface area contributed by atoms with Crippen LogP contribution in [-0.2, 0) is 4.79 Å². The minimum absolute atomic E-state index is 0.141. The molecule has 112 valence electrons. The highest BCUT2D eigenvalue weighted by molar-refractivity contribution is 9.10. The molecule has 1 amide bonds. The van der Waals surface area contributed by atoms with Gasteiger partial charge in [-0.25, -0.2) is 0 Å². The summed E-state index contributed by atoms with van der Waals surface area (Å²) in [6, 6.07) is 18.0. The third-order valence-electron chi connectivity index (χ3n) is 4.58. The van der Waals surface area contributed by atoms with Crippen molar-refractivity contribution in [3.8, 4) is 0 Å². The molecule has 4 heteroatoms. The molecule has 2 aliphatic heterocycles. The standard InChI is InChI=1S/C18H17BrN2O/c19-14-8-10-15(11-9-14)21-16-7-4-12-20(16)17(18(21)22)13-5-2-1-3-6-13/h1-3,5-6,8-11,16-17H,4,7,12H2/t16-,17+/m0/s1. The van der Waals surface area contributed by atoms with Gasteiger partial charge in [-0.3, -0.25) is 14.6 Å². The molecule has 2 aromatic rings. The van der Waals surface area contributed by atoms with Crippen LogP contribution in [0.4, 0.5) is 5.69 Å². The zero-order valence-corrected chi connectivity index (χ0v) is 13.7. The molecule has 0 saturated carbocycles. The van der Waals surface area contributed by atoms with Crippen molar-refractivity contribution in [2.75, 3.05) is 11.4 Å². The Morgan fingerprint density at radius 2 is 1.73 bits per heavy atom. The van der Waals surface area contributed by atoms with Gasteiger partial charge in [-0.05, 0) is 42.7 Å². The lowest BCUT2D eigenvalue weighted by atomic mass is 10.1. The molecule has 4 rings (SSSR count). The molecule has 2 aromatic carbocycles. The zero-order chi connectivity index (χ0) is 15.1.